The molecule has 28 heavy (non-hydrogen) atoms. The SMILES string of the molecule is CCN(CC)C1=C(C#N)C(c2ccccc2[N+](=O)[O-])C(C(=O)OC)C(C)(O)N1. The number of nitro benzene ring substituents is 1. The first-order chi connectivity index (χ1) is 13.2. The maximum atomic E-state index is 12.6. The van der Waals surface area contributed by atoms with Crippen molar-refractivity contribution in [3.63, 3.8) is 0 Å². The molecule has 9 nitrogen and oxygen atoms in total. The van der Waals surface area contributed by atoms with Crippen LogP contribution < -0.4 is 5.32 Å². The van der Waals surface area contributed by atoms with Crippen LogP contribution in [0.2, 0.25) is 0 Å². The Bertz CT molecular complexity index is 839. The molecule has 0 bridgehead atoms. The molecule has 150 valence electrons. The third-order valence-electron chi connectivity index (χ3n) is 5.00. The molecule has 1 aliphatic heterocycles. The summed E-state index contributed by atoms with van der Waals surface area (Å²) in [5.41, 5.74) is -1.71. The van der Waals surface area contributed by atoms with Crippen molar-refractivity contribution in [3.8, 4) is 6.07 Å². The van der Waals surface area contributed by atoms with E-state index >= 15 is 0 Å². The number of benzene rings is 1. The molecule has 2 rings (SSSR count). The molecule has 0 spiro atoms. The molecule has 1 aromatic carbocycles. The van der Waals surface area contributed by atoms with Gasteiger partial charge in [-0.05, 0) is 20.8 Å². The first-order valence-electron chi connectivity index (χ1n) is 8.94. The quantitative estimate of drug-likeness (QED) is 0.429. The Morgan fingerprint density at radius 3 is 2.54 bits per heavy atom. The van der Waals surface area contributed by atoms with Gasteiger partial charge in [-0.15, -0.1) is 0 Å². The third-order valence-corrected chi connectivity index (χ3v) is 5.00. The number of rotatable bonds is 6. The molecule has 9 heteroatoms. The Balaban J connectivity index is 2.87. The van der Waals surface area contributed by atoms with Crippen LogP contribution in [0.1, 0.15) is 32.3 Å². The Kier molecular flexibility index (Phi) is 6.26. The van der Waals surface area contributed by atoms with Gasteiger partial charge in [0.2, 0.25) is 0 Å². The van der Waals surface area contributed by atoms with Crippen LogP contribution in [0.4, 0.5) is 5.69 Å². The van der Waals surface area contributed by atoms with Crippen molar-refractivity contribution in [2.75, 3.05) is 20.2 Å². The lowest BCUT2D eigenvalue weighted by Gasteiger charge is -2.45. The highest BCUT2D eigenvalue weighted by Crippen LogP contribution is 2.45. The van der Waals surface area contributed by atoms with Crippen molar-refractivity contribution in [2.45, 2.75) is 32.4 Å². The predicted octanol–water partition coefficient (Wildman–Crippen LogP) is 1.86. The summed E-state index contributed by atoms with van der Waals surface area (Å²) in [6.45, 7) is 6.23. The van der Waals surface area contributed by atoms with Crippen molar-refractivity contribution >= 4 is 11.7 Å². The molecule has 0 fully saturated rings. The highest BCUT2D eigenvalue weighted by molar-refractivity contribution is 5.77. The molecule has 0 aromatic heterocycles. The van der Waals surface area contributed by atoms with E-state index in [1.165, 1.54) is 32.2 Å². The van der Waals surface area contributed by atoms with Crippen LogP contribution in [0.15, 0.2) is 35.7 Å². The molecule has 1 aromatic rings. The van der Waals surface area contributed by atoms with Gasteiger partial charge < -0.3 is 20.1 Å². The summed E-state index contributed by atoms with van der Waals surface area (Å²) in [6.07, 6.45) is 0. The molecule has 1 heterocycles. The minimum atomic E-state index is -1.79. The lowest BCUT2D eigenvalue weighted by Crippen LogP contribution is -2.59. The molecular formula is C19H24N4O5. The minimum Gasteiger partial charge on any atom is -0.469 e. The van der Waals surface area contributed by atoms with Gasteiger partial charge in [0, 0.05) is 30.6 Å². The summed E-state index contributed by atoms with van der Waals surface area (Å²) in [6, 6.07) is 8.01. The number of carbonyl (C=O) groups excluding carboxylic acids is 1. The van der Waals surface area contributed by atoms with E-state index in [9.17, 15) is 25.3 Å². The molecule has 0 aliphatic carbocycles. The molecule has 0 saturated carbocycles. The summed E-state index contributed by atoms with van der Waals surface area (Å²) in [4.78, 5) is 25.4. The Hall–Kier alpha value is -3.12. The van der Waals surface area contributed by atoms with Crippen molar-refractivity contribution in [1.29, 1.82) is 5.26 Å². The monoisotopic (exact) mass is 388 g/mol. The number of aliphatic hydroxyl groups is 1. The summed E-state index contributed by atoms with van der Waals surface area (Å²) in [5.74, 6) is -2.73. The van der Waals surface area contributed by atoms with Gasteiger partial charge in [0.05, 0.1) is 23.7 Å². The Morgan fingerprint density at radius 1 is 1.43 bits per heavy atom. The number of para-hydroxylation sites is 1. The van der Waals surface area contributed by atoms with Gasteiger partial charge in [-0.25, -0.2) is 0 Å². The van der Waals surface area contributed by atoms with Crippen molar-refractivity contribution in [3.05, 3.63) is 51.3 Å². The fourth-order valence-corrected chi connectivity index (χ4v) is 3.68. The van der Waals surface area contributed by atoms with Crippen LogP contribution in [-0.4, -0.2) is 46.8 Å². The number of nitrogens with zero attached hydrogens (tertiary/aromatic N) is 3. The number of ether oxygens (including phenoxy) is 1. The predicted molar refractivity (Wildman–Crippen MR) is 101 cm³/mol. The van der Waals surface area contributed by atoms with Gasteiger partial charge >= 0.3 is 5.97 Å². The van der Waals surface area contributed by atoms with E-state index in [1.807, 2.05) is 18.7 Å². The second kappa shape index (κ2) is 8.27. The van der Waals surface area contributed by atoms with E-state index in [4.69, 9.17) is 4.74 Å². The highest BCUT2D eigenvalue weighted by atomic mass is 16.6. The smallest absolute Gasteiger partial charge is 0.314 e. The number of nitriles is 1. The van der Waals surface area contributed by atoms with Gasteiger partial charge in [-0.2, -0.15) is 5.26 Å². The summed E-state index contributed by atoms with van der Waals surface area (Å²) >= 11 is 0. The van der Waals surface area contributed by atoms with Gasteiger partial charge in [-0.1, -0.05) is 18.2 Å². The number of nitro groups is 1. The minimum absolute atomic E-state index is 0.139. The zero-order valence-corrected chi connectivity index (χ0v) is 16.3. The topological polar surface area (TPSA) is 129 Å². The summed E-state index contributed by atoms with van der Waals surface area (Å²) in [5, 5.41) is 35.5. The molecule has 1 aliphatic rings. The van der Waals surface area contributed by atoms with E-state index in [-0.39, 0.29) is 16.8 Å². The molecule has 0 radical (unpaired) electrons. The van der Waals surface area contributed by atoms with Crippen LogP contribution in [-0.2, 0) is 9.53 Å². The molecule has 0 amide bonds. The van der Waals surface area contributed by atoms with E-state index in [0.29, 0.717) is 18.9 Å². The number of hydrogen-bond acceptors (Lipinski definition) is 8. The van der Waals surface area contributed by atoms with Crippen molar-refractivity contribution in [2.24, 2.45) is 5.92 Å². The molecule has 2 N–H and O–H groups in total. The van der Waals surface area contributed by atoms with Crippen LogP contribution in [0, 0.1) is 27.4 Å². The second-order valence-corrected chi connectivity index (χ2v) is 6.61. The lowest BCUT2D eigenvalue weighted by atomic mass is 9.72. The number of nitrogens with one attached hydrogen (secondary N) is 1. The molecule has 3 unspecified atom stereocenters. The largest absolute Gasteiger partial charge is 0.469 e. The van der Waals surface area contributed by atoms with Crippen molar-refractivity contribution < 1.29 is 19.6 Å². The average Bonchev–Trinajstić information content (AvgIpc) is 2.67. The van der Waals surface area contributed by atoms with Gasteiger partial charge in [-0.3, -0.25) is 14.9 Å². The molecule has 3 atom stereocenters. The fraction of sp³-hybridized carbons (Fsp3) is 0.474. The average molecular weight is 388 g/mol. The fourth-order valence-electron chi connectivity index (χ4n) is 3.68. The number of esters is 1. The van der Waals surface area contributed by atoms with E-state index in [0.717, 1.165) is 0 Å². The third kappa shape index (κ3) is 3.64. The number of carbonyl (C=O) groups is 1. The van der Waals surface area contributed by atoms with Gasteiger partial charge in [0.1, 0.15) is 17.5 Å². The standard InChI is InChI=1S/C19H24N4O5/c1-5-22(6-2)17-13(11-20)15(12-9-7-8-10-14(12)23(26)27)16(18(24)28-4)19(3,25)21-17/h7-10,15-16,21,25H,5-6H2,1-4H3. The summed E-state index contributed by atoms with van der Waals surface area (Å²) < 4.78 is 4.86. The highest BCUT2D eigenvalue weighted by Gasteiger charge is 2.52. The van der Waals surface area contributed by atoms with E-state index < -0.39 is 28.5 Å². The second-order valence-electron chi connectivity index (χ2n) is 6.61. The van der Waals surface area contributed by atoms with Crippen molar-refractivity contribution in [1.82, 2.24) is 10.2 Å². The summed E-state index contributed by atoms with van der Waals surface area (Å²) in [7, 11) is 1.17. The first-order valence-corrected chi connectivity index (χ1v) is 8.94. The van der Waals surface area contributed by atoms with E-state index in [2.05, 4.69) is 11.4 Å². The maximum Gasteiger partial charge on any atom is 0.314 e. The molecular weight excluding hydrogens is 364 g/mol. The number of methoxy groups -OCH3 is 1. The van der Waals surface area contributed by atoms with Crippen LogP contribution in [0.3, 0.4) is 0 Å². The maximum absolute atomic E-state index is 12.6. The first kappa shape index (κ1) is 21.2. The van der Waals surface area contributed by atoms with Crippen LogP contribution in [0.5, 0.6) is 0 Å². The van der Waals surface area contributed by atoms with Gasteiger partial charge in [0.25, 0.3) is 5.69 Å². The van der Waals surface area contributed by atoms with Crippen LogP contribution in [0.25, 0.3) is 0 Å². The lowest BCUT2D eigenvalue weighted by molar-refractivity contribution is -0.385. The normalized spacial score (nSPS) is 24.1. The Morgan fingerprint density at radius 2 is 2.04 bits per heavy atom. The number of allylic oxidation sites excluding steroid dienone is 1. The molecule has 0 saturated heterocycles. The zero-order valence-electron chi connectivity index (χ0n) is 16.3. The Labute approximate surface area is 163 Å². The van der Waals surface area contributed by atoms with Gasteiger partial charge in [0.15, 0.2) is 0 Å². The zero-order chi connectivity index (χ0) is 21.1. The number of hydrogen-bond donors (Lipinski definition) is 2. The van der Waals surface area contributed by atoms with Crippen LogP contribution >= 0.6 is 0 Å². The van der Waals surface area contributed by atoms with E-state index in [1.54, 1.807) is 6.07 Å².